The predicted molar refractivity (Wildman–Crippen MR) is 77.7 cm³/mol. The van der Waals surface area contributed by atoms with E-state index in [4.69, 9.17) is 15.2 Å². The van der Waals surface area contributed by atoms with Crippen LogP contribution in [-0.4, -0.2) is 37.8 Å². The molecule has 1 amide bonds. The molecule has 6 heteroatoms. The van der Waals surface area contributed by atoms with E-state index >= 15 is 0 Å². The zero-order valence-electron chi connectivity index (χ0n) is 12.3. The highest BCUT2D eigenvalue weighted by molar-refractivity contribution is 5.95. The van der Waals surface area contributed by atoms with Crippen molar-refractivity contribution < 1.29 is 14.3 Å². The van der Waals surface area contributed by atoms with Crippen molar-refractivity contribution in [2.24, 2.45) is 11.1 Å². The molecule has 20 heavy (non-hydrogen) atoms. The van der Waals surface area contributed by atoms with Gasteiger partial charge in [-0.15, -0.1) is 0 Å². The van der Waals surface area contributed by atoms with Crippen LogP contribution >= 0.6 is 0 Å². The van der Waals surface area contributed by atoms with Gasteiger partial charge in [-0.05, 0) is 19.4 Å². The number of hydrogen-bond acceptors (Lipinski definition) is 5. The molecule has 3 N–H and O–H groups in total. The van der Waals surface area contributed by atoms with E-state index in [2.05, 4.69) is 10.3 Å². The maximum absolute atomic E-state index is 12.1. The number of methoxy groups -OCH3 is 1. The van der Waals surface area contributed by atoms with E-state index in [9.17, 15) is 4.79 Å². The monoisotopic (exact) mass is 281 g/mol. The van der Waals surface area contributed by atoms with Crippen LogP contribution in [0, 0.1) is 5.41 Å². The summed E-state index contributed by atoms with van der Waals surface area (Å²) in [4.78, 5) is 16.2. The smallest absolute Gasteiger partial charge is 0.231 e. The van der Waals surface area contributed by atoms with Crippen molar-refractivity contribution in [2.45, 2.75) is 20.3 Å². The van der Waals surface area contributed by atoms with Crippen molar-refractivity contribution in [1.82, 2.24) is 4.98 Å². The normalized spacial score (nSPS) is 13.6. The second-order valence-corrected chi connectivity index (χ2v) is 4.80. The average molecular weight is 281 g/mol. The maximum Gasteiger partial charge on any atom is 0.231 e. The fourth-order valence-electron chi connectivity index (χ4n) is 1.45. The first-order valence-corrected chi connectivity index (χ1v) is 6.65. The second kappa shape index (κ2) is 7.81. The molecule has 0 aromatic carbocycles. The molecular formula is C14H23N3O3. The summed E-state index contributed by atoms with van der Waals surface area (Å²) in [5.74, 6) is 0.398. The minimum absolute atomic E-state index is 0.0997. The minimum atomic E-state index is -0.562. The quantitative estimate of drug-likeness (QED) is 0.704. The van der Waals surface area contributed by atoms with E-state index in [0.29, 0.717) is 37.7 Å². The molecule has 0 saturated heterocycles. The number of anilines is 1. The summed E-state index contributed by atoms with van der Waals surface area (Å²) in [6, 6.07) is 3.45. The van der Waals surface area contributed by atoms with Crippen LogP contribution in [0.4, 0.5) is 5.69 Å². The van der Waals surface area contributed by atoms with Gasteiger partial charge in [0, 0.05) is 19.7 Å². The molecule has 1 aromatic heterocycles. The van der Waals surface area contributed by atoms with Gasteiger partial charge in [0.25, 0.3) is 0 Å². The van der Waals surface area contributed by atoms with E-state index in [1.54, 1.807) is 25.4 Å². The zero-order valence-corrected chi connectivity index (χ0v) is 12.3. The van der Waals surface area contributed by atoms with Crippen LogP contribution in [0.2, 0.25) is 0 Å². The molecule has 1 heterocycles. The average Bonchev–Trinajstić information content (AvgIpc) is 2.48. The number of ether oxygens (including phenoxy) is 2. The zero-order chi connectivity index (χ0) is 15.0. The van der Waals surface area contributed by atoms with Gasteiger partial charge in [-0.3, -0.25) is 4.79 Å². The van der Waals surface area contributed by atoms with E-state index in [1.807, 2.05) is 13.8 Å². The molecule has 0 fully saturated rings. The Morgan fingerprint density at radius 2 is 2.20 bits per heavy atom. The molecule has 0 aliphatic carbocycles. The molecular weight excluding hydrogens is 258 g/mol. The molecule has 6 nitrogen and oxygen atoms in total. The molecule has 0 radical (unpaired) electrons. The SMILES string of the molecule is CCC(C)(CN)C(=O)Nc1ccc(OCCOC)nc1. The van der Waals surface area contributed by atoms with Crippen LogP contribution in [0.1, 0.15) is 20.3 Å². The number of pyridine rings is 1. The summed E-state index contributed by atoms with van der Waals surface area (Å²) in [5, 5.41) is 2.82. The van der Waals surface area contributed by atoms with Crippen molar-refractivity contribution in [3.63, 3.8) is 0 Å². The summed E-state index contributed by atoms with van der Waals surface area (Å²) in [6.07, 6.45) is 2.24. The first-order chi connectivity index (χ1) is 9.55. The second-order valence-electron chi connectivity index (χ2n) is 4.80. The molecule has 0 saturated carbocycles. The van der Waals surface area contributed by atoms with Gasteiger partial charge in [-0.1, -0.05) is 6.92 Å². The highest BCUT2D eigenvalue weighted by Crippen LogP contribution is 2.22. The Kier molecular flexibility index (Phi) is 6.41. The lowest BCUT2D eigenvalue weighted by Crippen LogP contribution is -2.39. The number of nitrogens with two attached hydrogens (primary N) is 1. The van der Waals surface area contributed by atoms with Gasteiger partial charge in [0.05, 0.1) is 23.9 Å². The Hall–Kier alpha value is -1.66. The van der Waals surface area contributed by atoms with Gasteiger partial charge < -0.3 is 20.5 Å². The molecule has 1 rings (SSSR count). The maximum atomic E-state index is 12.1. The lowest BCUT2D eigenvalue weighted by molar-refractivity contribution is -0.124. The molecule has 0 bridgehead atoms. The third-order valence-electron chi connectivity index (χ3n) is 3.31. The Morgan fingerprint density at radius 3 is 2.70 bits per heavy atom. The Labute approximate surface area is 119 Å². The number of carbonyl (C=O) groups excluding carboxylic acids is 1. The summed E-state index contributed by atoms with van der Waals surface area (Å²) >= 11 is 0. The van der Waals surface area contributed by atoms with Gasteiger partial charge in [0.1, 0.15) is 6.61 Å². The van der Waals surface area contributed by atoms with Crippen LogP contribution in [0.15, 0.2) is 18.3 Å². The predicted octanol–water partition coefficient (Wildman–Crippen LogP) is 1.42. The lowest BCUT2D eigenvalue weighted by Gasteiger charge is -2.24. The van der Waals surface area contributed by atoms with Crippen molar-refractivity contribution in [1.29, 1.82) is 0 Å². The summed E-state index contributed by atoms with van der Waals surface area (Å²) in [5.41, 5.74) is 5.72. The van der Waals surface area contributed by atoms with E-state index in [0.717, 1.165) is 0 Å². The fourth-order valence-corrected chi connectivity index (χ4v) is 1.45. The fraction of sp³-hybridized carbons (Fsp3) is 0.571. The van der Waals surface area contributed by atoms with Crippen LogP contribution in [-0.2, 0) is 9.53 Å². The van der Waals surface area contributed by atoms with Crippen LogP contribution in [0.5, 0.6) is 5.88 Å². The molecule has 0 spiro atoms. The first-order valence-electron chi connectivity index (χ1n) is 6.65. The van der Waals surface area contributed by atoms with Crippen LogP contribution in [0.3, 0.4) is 0 Å². The summed E-state index contributed by atoms with van der Waals surface area (Å²) in [6.45, 7) is 5.04. The number of hydrogen-bond donors (Lipinski definition) is 2. The summed E-state index contributed by atoms with van der Waals surface area (Å²) < 4.78 is 10.2. The molecule has 112 valence electrons. The Bertz CT molecular complexity index is 416. The van der Waals surface area contributed by atoms with Gasteiger partial charge in [-0.2, -0.15) is 0 Å². The third-order valence-corrected chi connectivity index (χ3v) is 3.31. The standard InChI is InChI=1S/C14H23N3O3/c1-4-14(2,10-15)13(18)17-11-5-6-12(16-9-11)20-8-7-19-3/h5-6,9H,4,7-8,10,15H2,1-3H3,(H,17,18). The third kappa shape index (κ3) is 4.47. The number of carbonyl (C=O) groups is 1. The topological polar surface area (TPSA) is 86.5 Å². The van der Waals surface area contributed by atoms with Crippen LogP contribution < -0.4 is 15.8 Å². The van der Waals surface area contributed by atoms with E-state index in [-0.39, 0.29) is 5.91 Å². The van der Waals surface area contributed by atoms with Gasteiger partial charge >= 0.3 is 0 Å². The lowest BCUT2D eigenvalue weighted by atomic mass is 9.86. The Morgan fingerprint density at radius 1 is 1.45 bits per heavy atom. The molecule has 1 unspecified atom stereocenters. The largest absolute Gasteiger partial charge is 0.475 e. The number of nitrogens with one attached hydrogen (secondary N) is 1. The van der Waals surface area contributed by atoms with Crippen molar-refractivity contribution >= 4 is 11.6 Å². The van der Waals surface area contributed by atoms with Crippen LogP contribution in [0.25, 0.3) is 0 Å². The highest BCUT2D eigenvalue weighted by atomic mass is 16.5. The summed E-state index contributed by atoms with van der Waals surface area (Å²) in [7, 11) is 1.61. The Balaban J connectivity index is 2.59. The van der Waals surface area contributed by atoms with E-state index in [1.165, 1.54) is 0 Å². The molecule has 0 aliphatic heterocycles. The van der Waals surface area contributed by atoms with Gasteiger partial charge in [-0.25, -0.2) is 4.98 Å². The van der Waals surface area contributed by atoms with Gasteiger partial charge in [0.2, 0.25) is 11.8 Å². The van der Waals surface area contributed by atoms with Crippen molar-refractivity contribution in [2.75, 3.05) is 32.2 Å². The highest BCUT2D eigenvalue weighted by Gasteiger charge is 2.29. The van der Waals surface area contributed by atoms with E-state index < -0.39 is 5.41 Å². The van der Waals surface area contributed by atoms with Gasteiger partial charge in [0.15, 0.2) is 0 Å². The first kappa shape index (κ1) is 16.4. The number of aromatic nitrogens is 1. The molecule has 1 atom stereocenters. The number of rotatable bonds is 8. The number of nitrogens with zero attached hydrogens (tertiary/aromatic N) is 1. The van der Waals surface area contributed by atoms with Crippen molar-refractivity contribution in [3.8, 4) is 5.88 Å². The minimum Gasteiger partial charge on any atom is -0.475 e. The number of amides is 1. The van der Waals surface area contributed by atoms with Crippen molar-refractivity contribution in [3.05, 3.63) is 18.3 Å². The molecule has 1 aromatic rings. The molecule has 0 aliphatic rings.